The normalized spacial score (nSPS) is 12.6. The molecule has 0 spiro atoms. The van der Waals surface area contributed by atoms with Gasteiger partial charge in [0.15, 0.2) is 0 Å². The smallest absolute Gasteiger partial charge is 0.124 e. The average molecular weight is 339 g/mol. The second-order valence-corrected chi connectivity index (χ2v) is 5.83. The second-order valence-electron chi connectivity index (χ2n) is 4.91. The third kappa shape index (κ3) is 3.93. The van der Waals surface area contributed by atoms with Gasteiger partial charge in [0, 0.05) is 29.5 Å². The van der Waals surface area contributed by atoms with Crippen molar-refractivity contribution in [1.29, 1.82) is 0 Å². The van der Waals surface area contributed by atoms with E-state index in [2.05, 4.69) is 51.9 Å². The minimum atomic E-state index is -0.208. The van der Waals surface area contributed by atoms with Crippen LogP contribution >= 0.6 is 15.9 Å². The molecule has 0 aliphatic heterocycles. The number of hydrogen-bond donors (Lipinski definition) is 1. The van der Waals surface area contributed by atoms with Crippen LogP contribution in [0.1, 0.15) is 37.4 Å². The molecule has 1 unspecified atom stereocenters. The third-order valence-corrected chi connectivity index (χ3v) is 3.78. The van der Waals surface area contributed by atoms with E-state index in [-0.39, 0.29) is 5.82 Å². The maximum absolute atomic E-state index is 13.4. The summed E-state index contributed by atoms with van der Waals surface area (Å²) >= 11 is 3.33. The highest BCUT2D eigenvalue weighted by molar-refractivity contribution is 9.10. The van der Waals surface area contributed by atoms with Crippen molar-refractivity contribution in [3.8, 4) is 0 Å². The predicted molar refractivity (Wildman–Crippen MR) is 84.3 cm³/mol. The molecule has 1 aromatic heterocycles. The summed E-state index contributed by atoms with van der Waals surface area (Å²) in [5.74, 6) is -0.208. The standard InChI is InChI=1S/C16H20BrFN2/c1-3-16(19-4-2)13-5-6-20(11-13)10-12-7-14(17)9-15(18)8-12/h5-9,11,16,19H,3-4,10H2,1-2H3. The first-order valence-corrected chi connectivity index (χ1v) is 7.75. The molecule has 108 valence electrons. The highest BCUT2D eigenvalue weighted by Gasteiger charge is 2.09. The maximum Gasteiger partial charge on any atom is 0.124 e. The first-order chi connectivity index (χ1) is 9.62. The van der Waals surface area contributed by atoms with Crippen LogP contribution in [0.5, 0.6) is 0 Å². The molecule has 1 heterocycles. The van der Waals surface area contributed by atoms with Gasteiger partial charge in [0.25, 0.3) is 0 Å². The van der Waals surface area contributed by atoms with Crippen LogP contribution in [0.25, 0.3) is 0 Å². The van der Waals surface area contributed by atoms with Gasteiger partial charge in [-0.25, -0.2) is 4.39 Å². The van der Waals surface area contributed by atoms with Gasteiger partial charge in [-0.1, -0.05) is 29.8 Å². The molecule has 0 aliphatic rings. The van der Waals surface area contributed by atoms with E-state index in [4.69, 9.17) is 0 Å². The van der Waals surface area contributed by atoms with Gasteiger partial charge in [0.05, 0.1) is 0 Å². The van der Waals surface area contributed by atoms with Crippen LogP contribution in [-0.4, -0.2) is 11.1 Å². The van der Waals surface area contributed by atoms with E-state index < -0.39 is 0 Å². The van der Waals surface area contributed by atoms with Gasteiger partial charge < -0.3 is 9.88 Å². The summed E-state index contributed by atoms with van der Waals surface area (Å²) < 4.78 is 16.2. The Morgan fingerprint density at radius 3 is 2.75 bits per heavy atom. The van der Waals surface area contributed by atoms with Crippen LogP contribution in [0.3, 0.4) is 0 Å². The quantitative estimate of drug-likeness (QED) is 0.820. The van der Waals surface area contributed by atoms with E-state index in [1.165, 1.54) is 11.6 Å². The van der Waals surface area contributed by atoms with Crippen molar-refractivity contribution in [2.45, 2.75) is 32.9 Å². The number of nitrogens with one attached hydrogen (secondary N) is 1. The summed E-state index contributed by atoms with van der Waals surface area (Å²) in [6.45, 7) is 5.93. The maximum atomic E-state index is 13.4. The lowest BCUT2D eigenvalue weighted by molar-refractivity contribution is 0.536. The minimum absolute atomic E-state index is 0.208. The molecule has 20 heavy (non-hydrogen) atoms. The molecule has 2 aromatic rings. The Hall–Kier alpha value is -1.13. The van der Waals surface area contributed by atoms with Crippen LogP contribution < -0.4 is 5.32 Å². The molecule has 1 N–H and O–H groups in total. The van der Waals surface area contributed by atoms with Crippen molar-refractivity contribution in [3.63, 3.8) is 0 Å². The zero-order chi connectivity index (χ0) is 14.5. The largest absolute Gasteiger partial charge is 0.350 e. The summed E-state index contributed by atoms with van der Waals surface area (Å²) in [5, 5.41) is 3.46. The molecule has 0 saturated heterocycles. The first kappa shape index (κ1) is 15.3. The summed E-state index contributed by atoms with van der Waals surface area (Å²) in [6.07, 6.45) is 5.24. The van der Waals surface area contributed by atoms with E-state index in [0.29, 0.717) is 12.6 Å². The fraction of sp³-hybridized carbons (Fsp3) is 0.375. The topological polar surface area (TPSA) is 17.0 Å². The number of halogens is 2. The van der Waals surface area contributed by atoms with Gasteiger partial charge in [0.2, 0.25) is 0 Å². The molecule has 0 fully saturated rings. The van der Waals surface area contributed by atoms with E-state index in [9.17, 15) is 4.39 Å². The minimum Gasteiger partial charge on any atom is -0.350 e. The van der Waals surface area contributed by atoms with Crippen LogP contribution in [0.4, 0.5) is 4.39 Å². The molecule has 0 amide bonds. The van der Waals surface area contributed by atoms with E-state index in [1.807, 2.05) is 12.3 Å². The molecule has 0 bridgehead atoms. The fourth-order valence-corrected chi connectivity index (χ4v) is 2.93. The molecule has 0 saturated carbocycles. The van der Waals surface area contributed by atoms with Crippen LogP contribution in [0, 0.1) is 5.82 Å². The van der Waals surface area contributed by atoms with Crippen molar-refractivity contribution in [3.05, 3.63) is 58.1 Å². The van der Waals surface area contributed by atoms with Gasteiger partial charge in [-0.2, -0.15) is 0 Å². The second kappa shape index (κ2) is 7.04. The van der Waals surface area contributed by atoms with E-state index in [1.54, 1.807) is 6.07 Å². The summed E-state index contributed by atoms with van der Waals surface area (Å²) in [5.41, 5.74) is 2.24. The summed E-state index contributed by atoms with van der Waals surface area (Å²) in [4.78, 5) is 0. The Balaban J connectivity index is 2.12. The lowest BCUT2D eigenvalue weighted by atomic mass is 10.1. The van der Waals surface area contributed by atoms with Gasteiger partial charge in [-0.15, -0.1) is 0 Å². The monoisotopic (exact) mass is 338 g/mol. The van der Waals surface area contributed by atoms with Crippen molar-refractivity contribution >= 4 is 15.9 Å². The van der Waals surface area contributed by atoms with Gasteiger partial charge in [-0.3, -0.25) is 0 Å². The van der Waals surface area contributed by atoms with Crippen LogP contribution in [-0.2, 0) is 6.54 Å². The Bertz CT molecular complexity index is 545. The predicted octanol–water partition coefficient (Wildman–Crippen LogP) is 4.50. The summed E-state index contributed by atoms with van der Waals surface area (Å²) in [6, 6.07) is 7.52. The Labute approximate surface area is 128 Å². The number of hydrogen-bond acceptors (Lipinski definition) is 1. The van der Waals surface area contributed by atoms with Crippen molar-refractivity contribution in [2.75, 3.05) is 6.54 Å². The number of aromatic nitrogens is 1. The first-order valence-electron chi connectivity index (χ1n) is 6.96. The summed E-state index contributed by atoms with van der Waals surface area (Å²) in [7, 11) is 0. The molecule has 1 aromatic carbocycles. The molecular formula is C16H20BrFN2. The van der Waals surface area contributed by atoms with Crippen molar-refractivity contribution in [2.24, 2.45) is 0 Å². The Morgan fingerprint density at radius 2 is 2.10 bits per heavy atom. The molecule has 2 nitrogen and oxygen atoms in total. The Morgan fingerprint density at radius 1 is 1.30 bits per heavy atom. The molecule has 4 heteroatoms. The third-order valence-electron chi connectivity index (χ3n) is 3.32. The SMILES string of the molecule is CCNC(CC)c1ccn(Cc2cc(F)cc(Br)c2)c1. The Kier molecular flexibility index (Phi) is 5.38. The van der Waals surface area contributed by atoms with Gasteiger partial charge >= 0.3 is 0 Å². The zero-order valence-electron chi connectivity index (χ0n) is 11.9. The highest BCUT2D eigenvalue weighted by atomic mass is 79.9. The van der Waals surface area contributed by atoms with Gasteiger partial charge in [-0.05, 0) is 48.4 Å². The number of benzene rings is 1. The molecular weight excluding hydrogens is 319 g/mol. The number of nitrogens with zero attached hydrogens (tertiary/aromatic N) is 1. The van der Waals surface area contributed by atoms with Gasteiger partial charge in [0.1, 0.15) is 5.82 Å². The molecule has 2 rings (SSSR count). The lowest BCUT2D eigenvalue weighted by Gasteiger charge is -2.14. The van der Waals surface area contributed by atoms with E-state index >= 15 is 0 Å². The van der Waals surface area contributed by atoms with Crippen LogP contribution in [0.2, 0.25) is 0 Å². The van der Waals surface area contributed by atoms with E-state index in [0.717, 1.165) is 23.0 Å². The van der Waals surface area contributed by atoms with Crippen LogP contribution in [0.15, 0.2) is 41.1 Å². The molecule has 0 aliphatic carbocycles. The fourth-order valence-electron chi connectivity index (χ4n) is 2.42. The lowest BCUT2D eigenvalue weighted by Crippen LogP contribution is -2.19. The average Bonchev–Trinajstić information content (AvgIpc) is 2.83. The molecule has 0 radical (unpaired) electrons. The van der Waals surface area contributed by atoms with Crippen molar-refractivity contribution < 1.29 is 4.39 Å². The molecule has 1 atom stereocenters. The zero-order valence-corrected chi connectivity index (χ0v) is 13.5. The van der Waals surface area contributed by atoms with Crippen molar-refractivity contribution in [1.82, 2.24) is 9.88 Å². The highest BCUT2D eigenvalue weighted by Crippen LogP contribution is 2.19. The number of rotatable bonds is 6.